The highest BCUT2D eigenvalue weighted by Gasteiger charge is 2.32. The van der Waals surface area contributed by atoms with Gasteiger partial charge in [0.2, 0.25) is 0 Å². The van der Waals surface area contributed by atoms with Crippen molar-refractivity contribution in [2.45, 2.75) is 58.2 Å². The lowest BCUT2D eigenvalue weighted by molar-refractivity contribution is 0.0261. The minimum atomic E-state index is -0.446. The van der Waals surface area contributed by atoms with E-state index in [2.05, 4.69) is 5.10 Å². The van der Waals surface area contributed by atoms with E-state index < -0.39 is 6.10 Å². The van der Waals surface area contributed by atoms with Crippen LogP contribution < -0.4 is 5.73 Å². The molecule has 20 heavy (non-hydrogen) atoms. The number of aromatic nitrogens is 2. The zero-order valence-electron chi connectivity index (χ0n) is 12.5. The molecule has 1 aliphatic rings. The zero-order valence-corrected chi connectivity index (χ0v) is 12.5. The van der Waals surface area contributed by atoms with E-state index in [9.17, 15) is 9.90 Å². The van der Waals surface area contributed by atoms with E-state index in [4.69, 9.17) is 5.73 Å². The molecule has 0 aliphatic heterocycles. The number of aliphatic hydroxyl groups is 1. The molecule has 0 spiro atoms. The molecule has 6 heteroatoms. The molecule has 2 atom stereocenters. The van der Waals surface area contributed by atoms with Gasteiger partial charge in [-0.25, -0.2) is 0 Å². The Morgan fingerprint density at radius 2 is 2.15 bits per heavy atom. The number of hydrogen-bond acceptors (Lipinski definition) is 4. The zero-order chi connectivity index (χ0) is 14.9. The van der Waals surface area contributed by atoms with Crippen molar-refractivity contribution < 1.29 is 9.90 Å². The average molecular weight is 280 g/mol. The summed E-state index contributed by atoms with van der Waals surface area (Å²) in [6.45, 7) is 4.33. The van der Waals surface area contributed by atoms with Crippen molar-refractivity contribution >= 4 is 11.6 Å². The number of likely N-dealkylation sites (N-methyl/N-ethyl adjacent to an activating group) is 1. The van der Waals surface area contributed by atoms with E-state index in [0.717, 1.165) is 25.7 Å². The third-order valence-electron chi connectivity index (χ3n) is 4.19. The lowest BCUT2D eigenvalue weighted by atomic mass is 9.91. The highest BCUT2D eigenvalue weighted by Crippen LogP contribution is 2.25. The Morgan fingerprint density at radius 1 is 1.50 bits per heavy atom. The summed E-state index contributed by atoms with van der Waals surface area (Å²) >= 11 is 0. The second-order valence-electron chi connectivity index (χ2n) is 5.50. The lowest BCUT2D eigenvalue weighted by Gasteiger charge is -2.35. The fraction of sp³-hybridized carbons (Fsp3) is 0.714. The molecule has 6 nitrogen and oxygen atoms in total. The monoisotopic (exact) mass is 280 g/mol. The molecule has 1 saturated carbocycles. The SMILES string of the molecule is CCn1nc(C)c(N)c1C(=O)N(C)C1CCCCC1O. The van der Waals surface area contributed by atoms with Crippen LogP contribution >= 0.6 is 0 Å². The first kappa shape index (κ1) is 14.8. The number of nitrogen functional groups attached to an aromatic ring is 1. The number of carbonyl (C=O) groups excluding carboxylic acids is 1. The molecule has 1 aliphatic carbocycles. The van der Waals surface area contributed by atoms with Crippen molar-refractivity contribution in [3.63, 3.8) is 0 Å². The maximum Gasteiger partial charge on any atom is 0.274 e. The summed E-state index contributed by atoms with van der Waals surface area (Å²) in [5, 5.41) is 14.4. The van der Waals surface area contributed by atoms with Crippen LogP contribution in [-0.2, 0) is 6.54 Å². The van der Waals surface area contributed by atoms with Crippen molar-refractivity contribution in [1.82, 2.24) is 14.7 Å². The van der Waals surface area contributed by atoms with Gasteiger partial charge < -0.3 is 15.7 Å². The molecule has 112 valence electrons. The van der Waals surface area contributed by atoms with Gasteiger partial charge in [0.05, 0.1) is 23.5 Å². The van der Waals surface area contributed by atoms with Crippen LogP contribution in [0.5, 0.6) is 0 Å². The topological polar surface area (TPSA) is 84.4 Å². The quantitative estimate of drug-likeness (QED) is 0.870. The Balaban J connectivity index is 2.26. The summed E-state index contributed by atoms with van der Waals surface area (Å²) in [7, 11) is 1.74. The standard InChI is InChI=1S/C14H24N4O2/c1-4-18-13(12(15)9(2)16-18)14(20)17(3)10-7-5-6-8-11(10)19/h10-11,19H,4-8,15H2,1-3H3. The predicted octanol–water partition coefficient (Wildman–Crippen LogP) is 1.17. The highest BCUT2D eigenvalue weighted by molar-refractivity contribution is 5.98. The van der Waals surface area contributed by atoms with Crippen molar-refractivity contribution in [3.05, 3.63) is 11.4 Å². The maximum atomic E-state index is 12.7. The highest BCUT2D eigenvalue weighted by atomic mass is 16.3. The number of carbonyl (C=O) groups is 1. The molecule has 2 unspecified atom stereocenters. The maximum absolute atomic E-state index is 12.7. The molecule has 1 heterocycles. The van der Waals surface area contributed by atoms with E-state index in [1.807, 2.05) is 6.92 Å². The molecule has 0 bridgehead atoms. The van der Waals surface area contributed by atoms with E-state index in [1.165, 1.54) is 0 Å². The van der Waals surface area contributed by atoms with E-state index in [-0.39, 0.29) is 11.9 Å². The van der Waals surface area contributed by atoms with Gasteiger partial charge in [-0.3, -0.25) is 9.48 Å². The minimum absolute atomic E-state index is 0.129. The average Bonchev–Trinajstić information content (AvgIpc) is 2.73. The van der Waals surface area contributed by atoms with Crippen LogP contribution in [-0.4, -0.2) is 44.9 Å². The van der Waals surface area contributed by atoms with Gasteiger partial charge in [0, 0.05) is 13.6 Å². The van der Waals surface area contributed by atoms with E-state index >= 15 is 0 Å². The molecule has 1 aromatic rings. The Bertz CT molecular complexity index is 498. The second-order valence-corrected chi connectivity index (χ2v) is 5.50. The molecule has 2 rings (SSSR count). The normalized spacial score (nSPS) is 22.8. The fourth-order valence-electron chi connectivity index (χ4n) is 2.91. The molecule has 0 aromatic carbocycles. The number of nitrogens with zero attached hydrogens (tertiary/aromatic N) is 3. The molecule has 1 aromatic heterocycles. The van der Waals surface area contributed by atoms with Crippen LogP contribution in [0.4, 0.5) is 5.69 Å². The van der Waals surface area contributed by atoms with E-state index in [1.54, 1.807) is 23.6 Å². The van der Waals surface area contributed by atoms with Gasteiger partial charge >= 0.3 is 0 Å². The summed E-state index contributed by atoms with van der Waals surface area (Å²) in [5.74, 6) is -0.157. The van der Waals surface area contributed by atoms with Crippen LogP contribution in [0.1, 0.15) is 48.8 Å². The molecular formula is C14H24N4O2. The van der Waals surface area contributed by atoms with Crippen LogP contribution in [0.25, 0.3) is 0 Å². The number of aliphatic hydroxyl groups excluding tert-OH is 1. The summed E-state index contributed by atoms with van der Waals surface area (Å²) in [4.78, 5) is 14.3. The van der Waals surface area contributed by atoms with Gasteiger partial charge in [-0.05, 0) is 26.7 Å². The van der Waals surface area contributed by atoms with Crippen LogP contribution in [0, 0.1) is 6.92 Å². The number of amides is 1. The van der Waals surface area contributed by atoms with Crippen LogP contribution in [0.2, 0.25) is 0 Å². The minimum Gasteiger partial charge on any atom is -0.395 e. The van der Waals surface area contributed by atoms with Crippen molar-refractivity contribution in [2.24, 2.45) is 0 Å². The van der Waals surface area contributed by atoms with Gasteiger partial charge in [-0.15, -0.1) is 0 Å². The number of nitrogens with two attached hydrogens (primary N) is 1. The third kappa shape index (κ3) is 2.52. The number of hydrogen-bond donors (Lipinski definition) is 2. The predicted molar refractivity (Wildman–Crippen MR) is 77.4 cm³/mol. The van der Waals surface area contributed by atoms with Crippen molar-refractivity contribution in [1.29, 1.82) is 0 Å². The smallest absolute Gasteiger partial charge is 0.274 e. The molecular weight excluding hydrogens is 256 g/mol. The lowest BCUT2D eigenvalue weighted by Crippen LogP contribution is -2.46. The second kappa shape index (κ2) is 5.83. The first-order valence-corrected chi connectivity index (χ1v) is 7.25. The number of rotatable bonds is 3. The van der Waals surface area contributed by atoms with Gasteiger partial charge in [-0.1, -0.05) is 12.8 Å². The van der Waals surface area contributed by atoms with Gasteiger partial charge in [0.15, 0.2) is 0 Å². The Morgan fingerprint density at radius 3 is 2.75 bits per heavy atom. The van der Waals surface area contributed by atoms with Gasteiger partial charge in [0.25, 0.3) is 5.91 Å². The molecule has 0 saturated heterocycles. The van der Waals surface area contributed by atoms with E-state index in [0.29, 0.717) is 23.6 Å². The van der Waals surface area contributed by atoms with Gasteiger partial charge in [-0.2, -0.15) is 5.10 Å². The first-order valence-electron chi connectivity index (χ1n) is 7.25. The Labute approximate surface area is 119 Å². The molecule has 0 radical (unpaired) electrons. The molecule has 1 amide bonds. The van der Waals surface area contributed by atoms with Gasteiger partial charge in [0.1, 0.15) is 5.69 Å². The summed E-state index contributed by atoms with van der Waals surface area (Å²) in [6.07, 6.45) is 3.21. The molecule has 3 N–H and O–H groups in total. The third-order valence-corrected chi connectivity index (χ3v) is 4.19. The Kier molecular flexibility index (Phi) is 4.32. The van der Waals surface area contributed by atoms with Crippen LogP contribution in [0.15, 0.2) is 0 Å². The largest absolute Gasteiger partial charge is 0.395 e. The number of anilines is 1. The Hall–Kier alpha value is -1.56. The summed E-state index contributed by atoms with van der Waals surface area (Å²) in [6, 6.07) is -0.129. The summed E-state index contributed by atoms with van der Waals surface area (Å²) in [5.41, 5.74) is 7.54. The van der Waals surface area contributed by atoms with Crippen LogP contribution in [0.3, 0.4) is 0 Å². The molecule has 1 fully saturated rings. The first-order chi connectivity index (χ1) is 9.47. The summed E-state index contributed by atoms with van der Waals surface area (Å²) < 4.78 is 1.64. The van der Waals surface area contributed by atoms with Crippen molar-refractivity contribution in [2.75, 3.05) is 12.8 Å². The van der Waals surface area contributed by atoms with Crippen molar-refractivity contribution in [3.8, 4) is 0 Å². The fourth-order valence-corrected chi connectivity index (χ4v) is 2.91. The number of aryl methyl sites for hydroxylation is 2.